The SMILES string of the molecule is CCCCC(CC)COC(=O)C1CCCC(C(=O)OCC)C1. The highest BCUT2D eigenvalue weighted by molar-refractivity contribution is 5.76. The second kappa shape index (κ2) is 10.6. The zero-order valence-electron chi connectivity index (χ0n) is 14.4. The second-order valence-electron chi connectivity index (χ2n) is 6.36. The molecule has 0 heterocycles. The van der Waals surface area contributed by atoms with Crippen LogP contribution < -0.4 is 0 Å². The number of hydrogen-bond donors (Lipinski definition) is 0. The van der Waals surface area contributed by atoms with Crippen molar-refractivity contribution in [3.8, 4) is 0 Å². The third kappa shape index (κ3) is 6.37. The summed E-state index contributed by atoms with van der Waals surface area (Å²) in [6, 6.07) is 0. The fourth-order valence-electron chi connectivity index (χ4n) is 3.09. The fourth-order valence-corrected chi connectivity index (χ4v) is 3.09. The van der Waals surface area contributed by atoms with Crippen molar-refractivity contribution in [2.45, 2.75) is 72.1 Å². The van der Waals surface area contributed by atoms with Gasteiger partial charge in [0.15, 0.2) is 0 Å². The summed E-state index contributed by atoms with van der Waals surface area (Å²) < 4.78 is 10.6. The predicted molar refractivity (Wildman–Crippen MR) is 86.3 cm³/mol. The molecule has 4 heteroatoms. The van der Waals surface area contributed by atoms with E-state index in [9.17, 15) is 9.59 Å². The number of ether oxygens (including phenoxy) is 2. The molecule has 0 radical (unpaired) electrons. The molecule has 4 nitrogen and oxygen atoms in total. The van der Waals surface area contributed by atoms with E-state index in [-0.39, 0.29) is 23.8 Å². The number of hydrogen-bond acceptors (Lipinski definition) is 4. The monoisotopic (exact) mass is 312 g/mol. The van der Waals surface area contributed by atoms with Gasteiger partial charge in [-0.05, 0) is 38.5 Å². The van der Waals surface area contributed by atoms with E-state index in [1.807, 2.05) is 6.92 Å². The molecule has 3 unspecified atom stereocenters. The van der Waals surface area contributed by atoms with E-state index in [0.717, 1.165) is 32.1 Å². The van der Waals surface area contributed by atoms with Crippen LogP contribution in [0, 0.1) is 17.8 Å². The van der Waals surface area contributed by atoms with Gasteiger partial charge in [-0.3, -0.25) is 9.59 Å². The molecule has 0 aromatic rings. The van der Waals surface area contributed by atoms with Crippen molar-refractivity contribution in [1.29, 1.82) is 0 Å². The number of rotatable bonds is 9. The maximum atomic E-state index is 12.2. The number of esters is 2. The van der Waals surface area contributed by atoms with Crippen molar-refractivity contribution < 1.29 is 19.1 Å². The lowest BCUT2D eigenvalue weighted by atomic mass is 9.81. The summed E-state index contributed by atoms with van der Waals surface area (Å²) in [4.78, 5) is 24.1. The molecule has 0 spiro atoms. The molecule has 1 fully saturated rings. The molecule has 0 amide bonds. The van der Waals surface area contributed by atoms with Gasteiger partial charge in [0.2, 0.25) is 0 Å². The van der Waals surface area contributed by atoms with Crippen LogP contribution in [0.2, 0.25) is 0 Å². The van der Waals surface area contributed by atoms with Crippen molar-refractivity contribution in [2.24, 2.45) is 17.8 Å². The van der Waals surface area contributed by atoms with Gasteiger partial charge >= 0.3 is 11.9 Å². The van der Waals surface area contributed by atoms with E-state index in [1.54, 1.807) is 0 Å². The maximum Gasteiger partial charge on any atom is 0.308 e. The Morgan fingerprint density at radius 3 is 2.23 bits per heavy atom. The van der Waals surface area contributed by atoms with E-state index in [0.29, 0.717) is 25.6 Å². The van der Waals surface area contributed by atoms with Gasteiger partial charge < -0.3 is 9.47 Å². The van der Waals surface area contributed by atoms with Crippen LogP contribution in [0.1, 0.15) is 72.1 Å². The number of unbranched alkanes of at least 4 members (excludes halogenated alkanes) is 1. The van der Waals surface area contributed by atoms with E-state index >= 15 is 0 Å². The van der Waals surface area contributed by atoms with Gasteiger partial charge in [0.25, 0.3) is 0 Å². The lowest BCUT2D eigenvalue weighted by Crippen LogP contribution is -2.30. The Kier molecular flexibility index (Phi) is 9.17. The normalized spacial score (nSPS) is 22.9. The molecule has 1 aliphatic rings. The smallest absolute Gasteiger partial charge is 0.308 e. The average Bonchev–Trinajstić information content (AvgIpc) is 2.55. The van der Waals surface area contributed by atoms with Gasteiger partial charge in [0.1, 0.15) is 0 Å². The summed E-state index contributed by atoms with van der Waals surface area (Å²) >= 11 is 0. The highest BCUT2D eigenvalue weighted by atomic mass is 16.5. The Morgan fingerprint density at radius 2 is 1.68 bits per heavy atom. The van der Waals surface area contributed by atoms with Crippen LogP contribution in [0.25, 0.3) is 0 Å². The Bertz CT molecular complexity index is 340. The zero-order chi connectivity index (χ0) is 16.4. The highest BCUT2D eigenvalue weighted by Crippen LogP contribution is 2.31. The molecule has 0 saturated heterocycles. The number of carbonyl (C=O) groups is 2. The Hall–Kier alpha value is -1.06. The van der Waals surface area contributed by atoms with Gasteiger partial charge in [-0.25, -0.2) is 0 Å². The molecule has 0 bridgehead atoms. The van der Waals surface area contributed by atoms with Crippen LogP contribution in [-0.4, -0.2) is 25.2 Å². The molecule has 1 rings (SSSR count). The first-order valence-electron chi connectivity index (χ1n) is 8.95. The summed E-state index contributed by atoms with van der Waals surface area (Å²) in [6.45, 7) is 7.06. The summed E-state index contributed by atoms with van der Waals surface area (Å²) in [7, 11) is 0. The van der Waals surface area contributed by atoms with Crippen molar-refractivity contribution in [1.82, 2.24) is 0 Å². The highest BCUT2D eigenvalue weighted by Gasteiger charge is 2.33. The first kappa shape index (κ1) is 19.0. The zero-order valence-corrected chi connectivity index (χ0v) is 14.4. The van der Waals surface area contributed by atoms with Gasteiger partial charge in [0, 0.05) is 0 Å². The minimum Gasteiger partial charge on any atom is -0.466 e. The van der Waals surface area contributed by atoms with Gasteiger partial charge in [-0.15, -0.1) is 0 Å². The lowest BCUT2D eigenvalue weighted by Gasteiger charge is -2.27. The summed E-state index contributed by atoms with van der Waals surface area (Å²) in [5.41, 5.74) is 0. The molecular formula is C18H32O4. The molecule has 1 saturated carbocycles. The van der Waals surface area contributed by atoms with Crippen LogP contribution >= 0.6 is 0 Å². The van der Waals surface area contributed by atoms with Gasteiger partial charge in [-0.2, -0.15) is 0 Å². The second-order valence-corrected chi connectivity index (χ2v) is 6.36. The van der Waals surface area contributed by atoms with Crippen LogP contribution in [0.15, 0.2) is 0 Å². The first-order valence-corrected chi connectivity index (χ1v) is 8.95. The standard InChI is InChI=1S/C18H32O4/c1-4-7-9-14(5-2)13-22-18(20)16-11-8-10-15(12-16)17(19)21-6-3/h14-16H,4-13H2,1-3H3. The largest absolute Gasteiger partial charge is 0.466 e. The quantitative estimate of drug-likeness (QED) is 0.601. The minimum atomic E-state index is -0.158. The van der Waals surface area contributed by atoms with Gasteiger partial charge in [0.05, 0.1) is 25.0 Å². The maximum absolute atomic E-state index is 12.2. The third-order valence-electron chi connectivity index (χ3n) is 4.63. The van der Waals surface area contributed by atoms with Crippen molar-refractivity contribution in [3.05, 3.63) is 0 Å². The number of carbonyl (C=O) groups excluding carboxylic acids is 2. The molecule has 22 heavy (non-hydrogen) atoms. The van der Waals surface area contributed by atoms with Crippen molar-refractivity contribution in [3.63, 3.8) is 0 Å². The predicted octanol–water partition coefficient (Wildman–Crippen LogP) is 4.12. The Balaban J connectivity index is 2.39. The van der Waals surface area contributed by atoms with Gasteiger partial charge in [-0.1, -0.05) is 39.5 Å². The molecule has 0 aromatic carbocycles. The van der Waals surface area contributed by atoms with E-state index < -0.39 is 0 Å². The third-order valence-corrected chi connectivity index (χ3v) is 4.63. The Morgan fingerprint density at radius 1 is 1.05 bits per heavy atom. The van der Waals surface area contributed by atoms with Crippen LogP contribution in [0.4, 0.5) is 0 Å². The van der Waals surface area contributed by atoms with Crippen LogP contribution in [-0.2, 0) is 19.1 Å². The average molecular weight is 312 g/mol. The van der Waals surface area contributed by atoms with E-state index in [4.69, 9.17) is 9.47 Å². The topological polar surface area (TPSA) is 52.6 Å². The summed E-state index contributed by atoms with van der Waals surface area (Å²) in [6.07, 6.45) is 7.68. The fraction of sp³-hybridized carbons (Fsp3) is 0.889. The van der Waals surface area contributed by atoms with E-state index in [2.05, 4.69) is 13.8 Å². The molecule has 3 atom stereocenters. The molecule has 1 aliphatic carbocycles. The summed E-state index contributed by atoms with van der Waals surface area (Å²) in [5.74, 6) is -0.0770. The molecular weight excluding hydrogens is 280 g/mol. The molecule has 128 valence electrons. The molecule has 0 N–H and O–H groups in total. The van der Waals surface area contributed by atoms with Crippen LogP contribution in [0.3, 0.4) is 0 Å². The van der Waals surface area contributed by atoms with Crippen molar-refractivity contribution in [2.75, 3.05) is 13.2 Å². The first-order chi connectivity index (χ1) is 10.6. The molecule has 0 aliphatic heterocycles. The summed E-state index contributed by atoms with van der Waals surface area (Å²) in [5, 5.41) is 0. The minimum absolute atomic E-state index is 0.121. The van der Waals surface area contributed by atoms with Crippen molar-refractivity contribution >= 4 is 11.9 Å². The van der Waals surface area contributed by atoms with Crippen LogP contribution in [0.5, 0.6) is 0 Å². The van der Waals surface area contributed by atoms with E-state index in [1.165, 1.54) is 12.8 Å². The molecule has 0 aromatic heterocycles. The lowest BCUT2D eigenvalue weighted by molar-refractivity contribution is -0.155. The Labute approximate surface area is 134 Å².